The Labute approximate surface area is 246 Å². The van der Waals surface area contributed by atoms with E-state index in [4.69, 9.17) is 0 Å². The number of likely N-dealkylation sites (tertiary alicyclic amines) is 2. The van der Waals surface area contributed by atoms with E-state index in [2.05, 4.69) is 20.5 Å². The van der Waals surface area contributed by atoms with Crippen LogP contribution in [0.1, 0.15) is 51.1 Å². The molecular weight excluding hydrogens is 526 g/mol. The van der Waals surface area contributed by atoms with Crippen LogP contribution in [0.15, 0.2) is 78.9 Å². The lowest BCUT2D eigenvalue weighted by Crippen LogP contribution is -2.63. The highest BCUT2D eigenvalue weighted by atomic mass is 16.2. The summed E-state index contributed by atoms with van der Waals surface area (Å²) in [6.45, 7) is 5.76. The predicted molar refractivity (Wildman–Crippen MR) is 166 cm³/mol. The van der Waals surface area contributed by atoms with Crippen molar-refractivity contribution in [2.45, 2.75) is 51.6 Å². The van der Waals surface area contributed by atoms with Crippen molar-refractivity contribution in [1.82, 2.24) is 9.88 Å². The summed E-state index contributed by atoms with van der Waals surface area (Å²) >= 11 is 0. The zero-order valence-electron chi connectivity index (χ0n) is 24.2. The number of H-pyrrole nitrogens is 1. The van der Waals surface area contributed by atoms with Gasteiger partial charge in [-0.3, -0.25) is 15.0 Å². The van der Waals surface area contributed by atoms with Gasteiger partial charge in [0, 0.05) is 47.7 Å². The van der Waals surface area contributed by atoms with Crippen LogP contribution in [-0.4, -0.2) is 57.9 Å². The number of imide groups is 1. The maximum atomic E-state index is 14.6. The molecule has 3 atom stereocenters. The summed E-state index contributed by atoms with van der Waals surface area (Å²) in [5, 5.41) is 6.89. The van der Waals surface area contributed by atoms with Crippen LogP contribution >= 0.6 is 0 Å². The molecule has 1 unspecified atom stereocenters. The lowest BCUT2D eigenvalue weighted by molar-refractivity contribution is -0.783. The Morgan fingerprint density at radius 2 is 1.60 bits per heavy atom. The first-order valence-electron chi connectivity index (χ1n) is 14.9. The van der Waals surface area contributed by atoms with Crippen molar-refractivity contribution in [2.24, 2.45) is 0 Å². The molecule has 2 fully saturated rings. The first kappa shape index (κ1) is 27.9. The van der Waals surface area contributed by atoms with E-state index in [1.54, 1.807) is 0 Å². The van der Waals surface area contributed by atoms with Crippen LogP contribution in [0.25, 0.3) is 22.2 Å². The second-order valence-electron chi connectivity index (χ2n) is 11.7. The molecule has 216 valence electrons. The Bertz CT molecular complexity index is 1610. The minimum Gasteiger partial charge on any atom is -0.355 e. The van der Waals surface area contributed by atoms with Gasteiger partial charge >= 0.3 is 11.9 Å². The molecule has 0 aliphatic carbocycles. The summed E-state index contributed by atoms with van der Waals surface area (Å²) in [5.41, 5.74) is 5.24. The van der Waals surface area contributed by atoms with E-state index in [0.717, 1.165) is 72.2 Å². The number of anilines is 2. The van der Waals surface area contributed by atoms with Gasteiger partial charge in [0.2, 0.25) is 5.91 Å². The van der Waals surface area contributed by atoms with E-state index in [9.17, 15) is 14.4 Å². The Morgan fingerprint density at radius 3 is 2.26 bits per heavy atom. The number of aromatic nitrogens is 1. The lowest BCUT2D eigenvalue weighted by atomic mass is 10.0. The molecule has 4 aromatic rings. The van der Waals surface area contributed by atoms with Crippen molar-refractivity contribution in [2.75, 3.05) is 30.3 Å². The molecule has 2 aliphatic heterocycles. The number of aromatic amines is 1. The fraction of sp³-hybridized carbons (Fsp3) is 0.324. The number of hydrogen-bond acceptors (Lipinski definition) is 4. The molecular formula is C34H38N5O3+. The lowest BCUT2D eigenvalue weighted by Gasteiger charge is -2.38. The summed E-state index contributed by atoms with van der Waals surface area (Å²) < 4.78 is -0.187. The number of carbonyl (C=O) groups excluding carboxylic acids is 3. The normalized spacial score (nSPS) is 21.3. The summed E-state index contributed by atoms with van der Waals surface area (Å²) in [6, 6.07) is 24.6. The molecule has 42 heavy (non-hydrogen) atoms. The quantitative estimate of drug-likeness (QED) is 0.228. The summed E-state index contributed by atoms with van der Waals surface area (Å²) in [5.74, 6) is -0.137. The molecule has 4 amide bonds. The van der Waals surface area contributed by atoms with Gasteiger partial charge in [-0.1, -0.05) is 42.5 Å². The number of carbonyl (C=O) groups is 3. The molecule has 8 heteroatoms. The molecule has 2 aliphatic rings. The highest BCUT2D eigenvalue weighted by Gasteiger charge is 2.56. The zero-order valence-corrected chi connectivity index (χ0v) is 24.2. The van der Waals surface area contributed by atoms with Gasteiger partial charge in [-0.05, 0) is 80.4 Å². The second kappa shape index (κ2) is 11.5. The van der Waals surface area contributed by atoms with Gasteiger partial charge in [0.05, 0.1) is 6.54 Å². The van der Waals surface area contributed by atoms with Gasteiger partial charge in [0.1, 0.15) is 6.04 Å². The number of nitrogens with one attached hydrogen (secondary N) is 3. The molecule has 0 spiro atoms. The standard InChI is InChI=1S/C34H37N5O3/c1-23-9-8-20-39(23,33(41)32(38-18-6-7-19-38)26-10-4-3-5-11-26)34(42)36-29-16-17-30-27(21-29)22-31(37-30)25-12-14-28(15-13-25)35-24(2)40/h3-5,10-17,21-23,32,37H,6-9,18-20H2,1-2H3,(H-,35,36,40,42)/p+1/t23-,32-,39?/m1/s1. The second-order valence-corrected chi connectivity index (χ2v) is 11.7. The average Bonchev–Trinajstić information content (AvgIpc) is 3.74. The number of fused-ring (bicyclic) bond motifs is 1. The van der Waals surface area contributed by atoms with Gasteiger partial charge in [-0.25, -0.2) is 9.59 Å². The number of nitrogens with zero attached hydrogens (tertiary/aromatic N) is 2. The largest absolute Gasteiger partial charge is 0.428 e. The third-order valence-corrected chi connectivity index (χ3v) is 8.88. The van der Waals surface area contributed by atoms with Crippen molar-refractivity contribution in [3.05, 3.63) is 84.4 Å². The van der Waals surface area contributed by atoms with E-state index in [-0.39, 0.29) is 28.4 Å². The molecule has 0 bridgehead atoms. The Morgan fingerprint density at radius 1 is 0.881 bits per heavy atom. The van der Waals surface area contributed by atoms with E-state index in [0.29, 0.717) is 12.2 Å². The molecule has 8 nitrogen and oxygen atoms in total. The van der Waals surface area contributed by atoms with E-state index in [1.165, 1.54) is 6.92 Å². The molecule has 1 aromatic heterocycles. The van der Waals surface area contributed by atoms with Crippen LogP contribution in [0.3, 0.4) is 0 Å². The Balaban J connectivity index is 1.27. The van der Waals surface area contributed by atoms with Gasteiger partial charge in [0.15, 0.2) is 6.04 Å². The van der Waals surface area contributed by atoms with Crippen LogP contribution < -0.4 is 10.6 Å². The van der Waals surface area contributed by atoms with Crippen molar-refractivity contribution < 1.29 is 18.9 Å². The fourth-order valence-electron chi connectivity index (χ4n) is 6.69. The molecule has 0 radical (unpaired) electrons. The first-order chi connectivity index (χ1) is 20.3. The topological polar surface area (TPSA) is 94.3 Å². The molecule has 6 rings (SSSR count). The molecule has 3 heterocycles. The summed E-state index contributed by atoms with van der Waals surface area (Å²) in [7, 11) is 0. The van der Waals surface area contributed by atoms with Crippen molar-refractivity contribution >= 4 is 40.1 Å². The number of quaternary nitrogens is 1. The highest BCUT2D eigenvalue weighted by Crippen LogP contribution is 2.37. The van der Waals surface area contributed by atoms with Crippen LogP contribution in [0.2, 0.25) is 0 Å². The number of benzene rings is 3. The average molecular weight is 565 g/mol. The number of rotatable bonds is 6. The highest BCUT2D eigenvalue weighted by molar-refractivity contribution is 5.97. The smallest absolute Gasteiger partial charge is 0.355 e. The van der Waals surface area contributed by atoms with Gasteiger partial charge in [0.25, 0.3) is 0 Å². The van der Waals surface area contributed by atoms with Crippen molar-refractivity contribution in [3.63, 3.8) is 0 Å². The van der Waals surface area contributed by atoms with E-state index in [1.807, 2.05) is 85.8 Å². The summed E-state index contributed by atoms with van der Waals surface area (Å²) in [6.07, 6.45) is 3.80. The van der Waals surface area contributed by atoms with Crippen LogP contribution in [0.4, 0.5) is 16.2 Å². The van der Waals surface area contributed by atoms with E-state index < -0.39 is 6.04 Å². The Kier molecular flexibility index (Phi) is 7.66. The zero-order chi connectivity index (χ0) is 29.3. The minimum absolute atomic E-state index is 0.0293. The van der Waals surface area contributed by atoms with Gasteiger partial charge < -0.3 is 10.3 Å². The van der Waals surface area contributed by atoms with Crippen LogP contribution in [0.5, 0.6) is 0 Å². The van der Waals surface area contributed by atoms with Gasteiger partial charge in [-0.15, -0.1) is 0 Å². The maximum Gasteiger partial charge on any atom is 0.428 e. The molecule has 3 N–H and O–H groups in total. The summed E-state index contributed by atoms with van der Waals surface area (Å²) in [4.78, 5) is 45.8. The van der Waals surface area contributed by atoms with Crippen LogP contribution in [-0.2, 0) is 9.59 Å². The number of amides is 4. The third kappa shape index (κ3) is 5.24. The Hall–Kier alpha value is -4.27. The first-order valence-corrected chi connectivity index (χ1v) is 14.9. The van der Waals surface area contributed by atoms with E-state index >= 15 is 0 Å². The molecule has 0 saturated carbocycles. The minimum atomic E-state index is -0.438. The third-order valence-electron chi connectivity index (χ3n) is 8.88. The fourth-order valence-corrected chi connectivity index (χ4v) is 6.69. The van der Waals surface area contributed by atoms with Crippen LogP contribution in [0, 0.1) is 0 Å². The molecule has 3 aromatic carbocycles. The number of urea groups is 1. The SMILES string of the molecule is CC(=O)Nc1ccc(-c2cc3cc(NC(=O)[N+]4(C(=O)[C@@H](c5ccccc5)N5CCCC5)CCC[C@H]4C)ccc3[nH]2)cc1. The van der Waals surface area contributed by atoms with Gasteiger partial charge in [-0.2, -0.15) is 4.48 Å². The maximum absolute atomic E-state index is 14.6. The number of hydrogen-bond donors (Lipinski definition) is 3. The molecule has 2 saturated heterocycles. The predicted octanol–water partition coefficient (Wildman–Crippen LogP) is 6.69. The van der Waals surface area contributed by atoms with Crippen molar-refractivity contribution in [1.29, 1.82) is 0 Å². The monoisotopic (exact) mass is 564 g/mol. The van der Waals surface area contributed by atoms with Crippen molar-refractivity contribution in [3.8, 4) is 11.3 Å².